The van der Waals surface area contributed by atoms with Crippen molar-refractivity contribution in [2.75, 3.05) is 12.4 Å². The van der Waals surface area contributed by atoms with Gasteiger partial charge in [-0.3, -0.25) is 15.6 Å². The first kappa shape index (κ1) is 19.3. The normalized spacial score (nSPS) is 10.6. The van der Waals surface area contributed by atoms with E-state index >= 15 is 0 Å². The SMILES string of the molecule is COc1ccc2cc(/C=C/C(=O)NNC(=S)Nc3ccc(F)cc3)ccc2c1. The number of thiocarbonyl (C=S) groups is 1. The van der Waals surface area contributed by atoms with Gasteiger partial charge in [-0.15, -0.1) is 0 Å². The topological polar surface area (TPSA) is 62.4 Å². The Balaban J connectivity index is 1.53. The van der Waals surface area contributed by atoms with Gasteiger partial charge in [-0.2, -0.15) is 0 Å². The molecule has 3 rings (SSSR count). The van der Waals surface area contributed by atoms with Crippen molar-refractivity contribution in [3.63, 3.8) is 0 Å². The fourth-order valence-corrected chi connectivity index (χ4v) is 2.67. The molecule has 3 aromatic carbocycles. The van der Waals surface area contributed by atoms with E-state index in [0.717, 1.165) is 22.1 Å². The monoisotopic (exact) mass is 395 g/mol. The molecule has 0 spiro atoms. The summed E-state index contributed by atoms with van der Waals surface area (Å²) >= 11 is 5.07. The van der Waals surface area contributed by atoms with E-state index in [-0.39, 0.29) is 16.8 Å². The molecule has 7 heteroatoms. The van der Waals surface area contributed by atoms with Crippen LogP contribution in [-0.4, -0.2) is 18.1 Å². The third-order valence-electron chi connectivity index (χ3n) is 3.90. The lowest BCUT2D eigenvalue weighted by molar-refractivity contribution is -0.116. The Morgan fingerprint density at radius 1 is 1.00 bits per heavy atom. The number of anilines is 1. The first-order valence-corrected chi connectivity index (χ1v) is 8.83. The molecule has 142 valence electrons. The van der Waals surface area contributed by atoms with Crippen LogP contribution in [-0.2, 0) is 4.79 Å². The number of nitrogens with one attached hydrogen (secondary N) is 3. The Labute approximate surface area is 167 Å². The van der Waals surface area contributed by atoms with Crippen LogP contribution < -0.4 is 20.9 Å². The summed E-state index contributed by atoms with van der Waals surface area (Å²) in [4.78, 5) is 12.0. The van der Waals surface area contributed by atoms with Crippen LogP contribution in [0.1, 0.15) is 5.56 Å². The molecule has 28 heavy (non-hydrogen) atoms. The number of halogens is 1. The van der Waals surface area contributed by atoms with E-state index < -0.39 is 0 Å². The average molecular weight is 395 g/mol. The third kappa shape index (κ3) is 5.28. The van der Waals surface area contributed by atoms with Gasteiger partial charge in [0.2, 0.25) is 0 Å². The van der Waals surface area contributed by atoms with Crippen LogP contribution in [0, 0.1) is 5.82 Å². The minimum atomic E-state index is -0.363. The maximum absolute atomic E-state index is 12.9. The number of fused-ring (bicyclic) bond motifs is 1. The molecule has 0 atom stereocenters. The zero-order chi connectivity index (χ0) is 19.9. The van der Waals surface area contributed by atoms with Gasteiger partial charge in [0.15, 0.2) is 5.11 Å². The third-order valence-corrected chi connectivity index (χ3v) is 4.10. The quantitative estimate of drug-likeness (QED) is 0.354. The molecular formula is C21H18FN3O2S. The highest BCUT2D eigenvalue weighted by atomic mass is 32.1. The molecule has 0 saturated heterocycles. The summed E-state index contributed by atoms with van der Waals surface area (Å²) < 4.78 is 18.1. The van der Waals surface area contributed by atoms with Crippen LogP contribution in [0.3, 0.4) is 0 Å². The van der Waals surface area contributed by atoms with Gasteiger partial charge in [-0.05, 0) is 77.1 Å². The maximum Gasteiger partial charge on any atom is 0.262 e. The van der Waals surface area contributed by atoms with Crippen molar-refractivity contribution >= 4 is 45.8 Å². The van der Waals surface area contributed by atoms with E-state index in [1.54, 1.807) is 25.3 Å². The van der Waals surface area contributed by atoms with Crippen molar-refractivity contribution in [3.05, 3.63) is 78.1 Å². The summed E-state index contributed by atoms with van der Waals surface area (Å²) in [6.45, 7) is 0. The Kier molecular flexibility index (Phi) is 6.18. The molecule has 0 aliphatic rings. The van der Waals surface area contributed by atoms with Gasteiger partial charge in [0.1, 0.15) is 11.6 Å². The molecule has 0 radical (unpaired) electrons. The number of ether oxygens (including phenoxy) is 1. The van der Waals surface area contributed by atoms with Crippen molar-refractivity contribution < 1.29 is 13.9 Å². The van der Waals surface area contributed by atoms with E-state index in [0.29, 0.717) is 5.69 Å². The van der Waals surface area contributed by atoms with Crippen LogP contribution in [0.15, 0.2) is 66.7 Å². The highest BCUT2D eigenvalue weighted by Gasteiger charge is 2.01. The van der Waals surface area contributed by atoms with E-state index in [4.69, 9.17) is 17.0 Å². The van der Waals surface area contributed by atoms with Crippen LogP contribution in [0.4, 0.5) is 10.1 Å². The maximum atomic E-state index is 12.9. The summed E-state index contributed by atoms with van der Waals surface area (Å²) in [5.74, 6) is 0.0974. The summed E-state index contributed by atoms with van der Waals surface area (Å²) in [6, 6.07) is 17.4. The minimum Gasteiger partial charge on any atom is -0.497 e. The van der Waals surface area contributed by atoms with Gasteiger partial charge in [0, 0.05) is 11.8 Å². The molecule has 0 fully saturated rings. The smallest absolute Gasteiger partial charge is 0.262 e. The lowest BCUT2D eigenvalue weighted by atomic mass is 10.1. The minimum absolute atomic E-state index is 0.188. The van der Waals surface area contributed by atoms with Crippen molar-refractivity contribution in [1.29, 1.82) is 0 Å². The highest BCUT2D eigenvalue weighted by molar-refractivity contribution is 7.80. The number of rotatable bonds is 4. The lowest BCUT2D eigenvalue weighted by Gasteiger charge is -2.10. The average Bonchev–Trinajstić information content (AvgIpc) is 2.71. The summed E-state index contributed by atoms with van der Waals surface area (Å²) in [5, 5.41) is 5.12. The van der Waals surface area contributed by atoms with E-state index in [9.17, 15) is 9.18 Å². The van der Waals surface area contributed by atoms with E-state index in [1.165, 1.54) is 18.2 Å². The number of benzene rings is 3. The van der Waals surface area contributed by atoms with E-state index in [1.807, 2.05) is 36.4 Å². The number of hydrazine groups is 1. The van der Waals surface area contributed by atoms with Crippen LogP contribution in [0.5, 0.6) is 5.75 Å². The lowest BCUT2D eigenvalue weighted by Crippen LogP contribution is -2.43. The molecule has 0 aromatic heterocycles. The molecule has 0 unspecified atom stereocenters. The molecule has 0 aliphatic heterocycles. The molecule has 5 nitrogen and oxygen atoms in total. The van der Waals surface area contributed by atoms with Crippen molar-refractivity contribution in [2.45, 2.75) is 0 Å². The fraction of sp³-hybridized carbons (Fsp3) is 0.0476. The summed E-state index contributed by atoms with van der Waals surface area (Å²) in [6.07, 6.45) is 3.11. The van der Waals surface area contributed by atoms with Crippen molar-refractivity contribution in [2.24, 2.45) is 0 Å². The number of amides is 1. The molecular weight excluding hydrogens is 377 g/mol. The zero-order valence-corrected chi connectivity index (χ0v) is 15.8. The number of carbonyl (C=O) groups excluding carboxylic acids is 1. The Bertz CT molecular complexity index is 1040. The Morgan fingerprint density at radius 2 is 1.71 bits per heavy atom. The van der Waals surface area contributed by atoms with Crippen LogP contribution in [0.25, 0.3) is 16.8 Å². The van der Waals surface area contributed by atoms with Gasteiger partial charge in [0.05, 0.1) is 7.11 Å². The molecule has 1 amide bonds. The first-order chi connectivity index (χ1) is 13.5. The summed E-state index contributed by atoms with van der Waals surface area (Å²) in [5.41, 5.74) is 6.55. The van der Waals surface area contributed by atoms with Gasteiger partial charge in [0.25, 0.3) is 5.91 Å². The predicted octanol–water partition coefficient (Wildman–Crippen LogP) is 4.02. The van der Waals surface area contributed by atoms with Crippen molar-refractivity contribution in [3.8, 4) is 5.75 Å². The molecule has 3 aromatic rings. The van der Waals surface area contributed by atoms with Crippen LogP contribution in [0.2, 0.25) is 0 Å². The highest BCUT2D eigenvalue weighted by Crippen LogP contribution is 2.22. The van der Waals surface area contributed by atoms with Gasteiger partial charge < -0.3 is 10.1 Å². The standard InChI is InChI=1S/C21H18FN3O2S/c1-27-19-10-5-15-12-14(2-4-16(15)13-19)3-11-20(26)24-25-21(28)23-18-8-6-17(22)7-9-18/h2-13H,1H3,(H,24,26)(H2,23,25,28)/b11-3+. The largest absolute Gasteiger partial charge is 0.497 e. The van der Waals surface area contributed by atoms with Gasteiger partial charge in [-0.25, -0.2) is 4.39 Å². The fourth-order valence-electron chi connectivity index (χ4n) is 2.50. The van der Waals surface area contributed by atoms with E-state index in [2.05, 4.69) is 16.2 Å². The summed E-state index contributed by atoms with van der Waals surface area (Å²) in [7, 11) is 1.63. The second kappa shape index (κ2) is 8.96. The number of methoxy groups -OCH3 is 1. The molecule has 0 saturated carbocycles. The zero-order valence-electron chi connectivity index (χ0n) is 15.0. The molecule has 0 heterocycles. The second-order valence-electron chi connectivity index (χ2n) is 5.88. The Morgan fingerprint density at radius 3 is 2.46 bits per heavy atom. The second-order valence-corrected chi connectivity index (χ2v) is 6.29. The molecule has 0 aliphatic carbocycles. The first-order valence-electron chi connectivity index (χ1n) is 8.42. The number of hydrogen-bond acceptors (Lipinski definition) is 3. The molecule has 0 bridgehead atoms. The predicted molar refractivity (Wildman–Crippen MR) is 113 cm³/mol. The van der Waals surface area contributed by atoms with Crippen LogP contribution >= 0.6 is 12.2 Å². The van der Waals surface area contributed by atoms with Gasteiger partial charge in [-0.1, -0.05) is 18.2 Å². The number of carbonyl (C=O) groups is 1. The number of hydrogen-bond donors (Lipinski definition) is 3. The molecule has 3 N–H and O–H groups in total. The van der Waals surface area contributed by atoms with Gasteiger partial charge >= 0.3 is 0 Å². The Hall–Kier alpha value is -3.45. The van der Waals surface area contributed by atoms with Crippen molar-refractivity contribution in [1.82, 2.24) is 10.9 Å².